The average Bonchev–Trinajstić information content (AvgIpc) is 3.38. The van der Waals surface area contributed by atoms with Gasteiger partial charge in [0, 0.05) is 28.0 Å². The van der Waals surface area contributed by atoms with Gasteiger partial charge in [0.05, 0.1) is 5.69 Å². The Morgan fingerprint density at radius 2 is 1.93 bits per heavy atom. The van der Waals surface area contributed by atoms with E-state index in [2.05, 4.69) is 31.2 Å². The van der Waals surface area contributed by atoms with E-state index in [-0.39, 0.29) is 12.1 Å². The SMILES string of the molecule is Cc1ccccc1-c1cc2c(=O)n(Cc3nc(-c4cccc(Br)c4)no3)ccn2n1. The predicted molar refractivity (Wildman–Crippen MR) is 116 cm³/mol. The van der Waals surface area contributed by atoms with Gasteiger partial charge in [-0.05, 0) is 30.7 Å². The van der Waals surface area contributed by atoms with Crippen molar-refractivity contribution in [2.45, 2.75) is 13.5 Å². The normalized spacial score (nSPS) is 11.3. The number of benzene rings is 2. The number of fused-ring (bicyclic) bond motifs is 1. The van der Waals surface area contributed by atoms with Crippen molar-refractivity contribution in [1.82, 2.24) is 24.3 Å². The lowest BCUT2D eigenvalue weighted by molar-refractivity contribution is 0.370. The molecule has 0 N–H and O–H groups in total. The van der Waals surface area contributed by atoms with Crippen molar-refractivity contribution < 1.29 is 4.52 Å². The van der Waals surface area contributed by atoms with Crippen LogP contribution in [-0.4, -0.2) is 24.3 Å². The highest BCUT2D eigenvalue weighted by Crippen LogP contribution is 2.22. The van der Waals surface area contributed by atoms with Gasteiger partial charge in [0.1, 0.15) is 12.1 Å². The number of hydrogen-bond donors (Lipinski definition) is 0. The molecule has 0 aliphatic rings. The predicted octanol–water partition coefficient (Wildman–Crippen LogP) is 4.33. The number of nitrogens with zero attached hydrogens (tertiary/aromatic N) is 5. The molecule has 3 aromatic heterocycles. The molecule has 2 aromatic carbocycles. The molecular formula is C22H16BrN5O2. The zero-order chi connectivity index (χ0) is 20.7. The molecule has 0 aliphatic heterocycles. The quantitative estimate of drug-likeness (QED) is 0.397. The van der Waals surface area contributed by atoms with Gasteiger partial charge in [0.2, 0.25) is 11.7 Å². The summed E-state index contributed by atoms with van der Waals surface area (Å²) < 4.78 is 9.43. The molecule has 0 saturated carbocycles. The largest absolute Gasteiger partial charge is 0.337 e. The molecule has 5 rings (SSSR count). The van der Waals surface area contributed by atoms with Gasteiger partial charge < -0.3 is 9.09 Å². The highest BCUT2D eigenvalue weighted by molar-refractivity contribution is 9.10. The Labute approximate surface area is 179 Å². The lowest BCUT2D eigenvalue weighted by Gasteiger charge is -2.02. The highest BCUT2D eigenvalue weighted by atomic mass is 79.9. The molecule has 0 radical (unpaired) electrons. The standard InChI is InChI=1S/C22H16BrN5O2/c1-14-5-2-3-8-17(14)18-12-19-22(29)27(9-10-28(19)25-18)13-20-24-21(26-30-20)15-6-4-7-16(23)11-15/h2-12H,13H2,1H3. The van der Waals surface area contributed by atoms with Crippen LogP contribution in [0.2, 0.25) is 0 Å². The van der Waals surface area contributed by atoms with Gasteiger partial charge in [-0.3, -0.25) is 4.79 Å². The summed E-state index contributed by atoms with van der Waals surface area (Å²) in [6, 6.07) is 17.4. The summed E-state index contributed by atoms with van der Waals surface area (Å²) in [4.78, 5) is 17.4. The first-order valence-electron chi connectivity index (χ1n) is 9.32. The first kappa shape index (κ1) is 18.5. The molecule has 0 atom stereocenters. The molecular weight excluding hydrogens is 446 g/mol. The van der Waals surface area contributed by atoms with Crippen molar-refractivity contribution >= 4 is 21.4 Å². The second kappa shape index (κ2) is 7.38. The van der Waals surface area contributed by atoms with Gasteiger partial charge in [-0.1, -0.05) is 57.5 Å². The van der Waals surface area contributed by atoms with Gasteiger partial charge in [0.15, 0.2) is 0 Å². The number of halogens is 1. The van der Waals surface area contributed by atoms with Crippen LogP contribution in [0.4, 0.5) is 0 Å². The zero-order valence-corrected chi connectivity index (χ0v) is 17.6. The van der Waals surface area contributed by atoms with Crippen LogP contribution in [0.5, 0.6) is 0 Å². The number of aromatic nitrogens is 5. The lowest BCUT2D eigenvalue weighted by Crippen LogP contribution is -2.21. The maximum Gasteiger partial charge on any atom is 0.277 e. The van der Waals surface area contributed by atoms with Crippen LogP contribution in [0.1, 0.15) is 11.5 Å². The fourth-order valence-electron chi connectivity index (χ4n) is 3.35. The molecule has 0 unspecified atom stereocenters. The molecule has 7 nitrogen and oxygen atoms in total. The Bertz CT molecular complexity index is 1430. The smallest absolute Gasteiger partial charge is 0.277 e. The summed E-state index contributed by atoms with van der Waals surface area (Å²) in [7, 11) is 0. The van der Waals surface area contributed by atoms with E-state index in [4.69, 9.17) is 4.52 Å². The summed E-state index contributed by atoms with van der Waals surface area (Å²) in [5.74, 6) is 0.835. The third kappa shape index (κ3) is 3.35. The van der Waals surface area contributed by atoms with Gasteiger partial charge in [-0.2, -0.15) is 10.1 Å². The van der Waals surface area contributed by atoms with Gasteiger partial charge in [-0.25, -0.2) is 4.52 Å². The van der Waals surface area contributed by atoms with Crippen LogP contribution in [0, 0.1) is 6.92 Å². The molecule has 8 heteroatoms. The second-order valence-electron chi connectivity index (χ2n) is 6.93. The van der Waals surface area contributed by atoms with Gasteiger partial charge in [-0.15, -0.1) is 0 Å². The fraction of sp³-hybridized carbons (Fsp3) is 0.0909. The molecule has 0 fully saturated rings. The molecule has 0 amide bonds. The molecule has 3 heterocycles. The second-order valence-corrected chi connectivity index (χ2v) is 7.84. The highest BCUT2D eigenvalue weighted by Gasteiger charge is 2.14. The van der Waals surface area contributed by atoms with E-state index in [0.29, 0.717) is 17.2 Å². The number of aryl methyl sites for hydroxylation is 1. The molecule has 0 spiro atoms. The van der Waals surface area contributed by atoms with Crippen molar-refractivity contribution in [2.75, 3.05) is 0 Å². The first-order valence-corrected chi connectivity index (χ1v) is 10.1. The maximum atomic E-state index is 13.0. The van der Waals surface area contributed by atoms with E-state index < -0.39 is 0 Å². The fourth-order valence-corrected chi connectivity index (χ4v) is 3.75. The Morgan fingerprint density at radius 1 is 1.07 bits per heavy atom. The minimum absolute atomic E-state index is 0.174. The van der Waals surface area contributed by atoms with E-state index >= 15 is 0 Å². The van der Waals surface area contributed by atoms with Crippen molar-refractivity contribution in [3.05, 3.63) is 93.3 Å². The van der Waals surface area contributed by atoms with Crippen LogP contribution in [0.15, 0.2) is 80.8 Å². The van der Waals surface area contributed by atoms with E-state index in [0.717, 1.165) is 26.9 Å². The third-order valence-electron chi connectivity index (χ3n) is 4.88. The van der Waals surface area contributed by atoms with Crippen LogP contribution in [0.25, 0.3) is 28.2 Å². The van der Waals surface area contributed by atoms with Crippen LogP contribution < -0.4 is 5.56 Å². The van der Waals surface area contributed by atoms with Crippen LogP contribution >= 0.6 is 15.9 Å². The van der Waals surface area contributed by atoms with E-state index in [9.17, 15) is 4.79 Å². The van der Waals surface area contributed by atoms with Crippen LogP contribution in [-0.2, 0) is 6.54 Å². The summed E-state index contributed by atoms with van der Waals surface area (Å²) in [6.45, 7) is 2.21. The van der Waals surface area contributed by atoms with E-state index in [1.165, 1.54) is 4.57 Å². The maximum absolute atomic E-state index is 13.0. The molecule has 5 aromatic rings. The third-order valence-corrected chi connectivity index (χ3v) is 5.37. The van der Waals surface area contributed by atoms with Crippen molar-refractivity contribution in [2.24, 2.45) is 0 Å². The Balaban J connectivity index is 1.48. The minimum atomic E-state index is -0.174. The molecule has 30 heavy (non-hydrogen) atoms. The molecule has 0 aliphatic carbocycles. The Kier molecular flexibility index (Phi) is 4.55. The number of hydrogen-bond acceptors (Lipinski definition) is 5. The molecule has 0 bridgehead atoms. The zero-order valence-electron chi connectivity index (χ0n) is 16.0. The van der Waals surface area contributed by atoms with Gasteiger partial charge in [0.25, 0.3) is 5.56 Å². The average molecular weight is 462 g/mol. The molecule has 148 valence electrons. The van der Waals surface area contributed by atoms with Crippen molar-refractivity contribution in [3.63, 3.8) is 0 Å². The molecule has 0 saturated heterocycles. The Hall–Kier alpha value is -3.52. The van der Waals surface area contributed by atoms with Gasteiger partial charge >= 0.3 is 0 Å². The van der Waals surface area contributed by atoms with Crippen molar-refractivity contribution in [1.29, 1.82) is 0 Å². The summed E-state index contributed by atoms with van der Waals surface area (Å²) in [6.07, 6.45) is 3.43. The van der Waals surface area contributed by atoms with E-state index in [1.54, 1.807) is 16.9 Å². The summed E-state index contributed by atoms with van der Waals surface area (Å²) >= 11 is 3.44. The topological polar surface area (TPSA) is 78.2 Å². The minimum Gasteiger partial charge on any atom is -0.337 e. The summed E-state index contributed by atoms with van der Waals surface area (Å²) in [5.41, 5.74) is 4.02. The van der Waals surface area contributed by atoms with Crippen molar-refractivity contribution in [3.8, 4) is 22.6 Å². The van der Waals surface area contributed by atoms with Crippen LogP contribution in [0.3, 0.4) is 0 Å². The Morgan fingerprint density at radius 3 is 2.77 bits per heavy atom. The number of rotatable bonds is 4. The first-order chi connectivity index (χ1) is 14.6. The monoisotopic (exact) mass is 461 g/mol. The summed E-state index contributed by atoms with van der Waals surface area (Å²) in [5, 5.41) is 8.58. The lowest BCUT2D eigenvalue weighted by atomic mass is 10.1. The van der Waals surface area contributed by atoms with E-state index in [1.807, 2.05) is 61.5 Å².